The number of hydroxylamine groups is 2. The van der Waals surface area contributed by atoms with Gasteiger partial charge in [-0.2, -0.15) is 0 Å². The number of fused-ring (bicyclic) bond motifs is 1. The van der Waals surface area contributed by atoms with Crippen LogP contribution in [-0.2, 0) is 32.3 Å². The number of hydrogen-bond acceptors (Lipinski definition) is 6. The lowest BCUT2D eigenvalue weighted by molar-refractivity contribution is -0.229. The summed E-state index contributed by atoms with van der Waals surface area (Å²) in [5.74, 6) is -1.03. The Kier molecular flexibility index (Phi) is 6.30. The predicted molar refractivity (Wildman–Crippen MR) is 127 cm³/mol. The van der Waals surface area contributed by atoms with E-state index in [0.29, 0.717) is 12.8 Å². The van der Waals surface area contributed by atoms with Crippen molar-refractivity contribution in [2.24, 2.45) is 5.92 Å². The van der Waals surface area contributed by atoms with Gasteiger partial charge in [0.05, 0.1) is 24.3 Å². The zero-order valence-electron chi connectivity index (χ0n) is 19.4. The number of esters is 1. The lowest BCUT2D eigenvalue weighted by Gasteiger charge is -2.45. The highest BCUT2D eigenvalue weighted by atomic mass is 16.7. The van der Waals surface area contributed by atoms with Crippen molar-refractivity contribution in [2.45, 2.75) is 38.0 Å². The van der Waals surface area contributed by atoms with Gasteiger partial charge in [-0.3, -0.25) is 24.3 Å². The van der Waals surface area contributed by atoms with E-state index in [1.807, 2.05) is 36.4 Å². The summed E-state index contributed by atoms with van der Waals surface area (Å²) in [6.07, 6.45) is 3.20. The fraction of sp³-hybridized carbons (Fsp3) is 0.370. The molecule has 2 saturated heterocycles. The van der Waals surface area contributed by atoms with Crippen molar-refractivity contribution in [2.75, 3.05) is 20.2 Å². The second-order valence-corrected chi connectivity index (χ2v) is 9.12. The SMILES string of the molecule is COC(=O)C1CC(=O)N(OCc2ccc3ccccc3c2)C12CCN(Cc1ccccn1)CC2. The van der Waals surface area contributed by atoms with Crippen LogP contribution in [0.15, 0.2) is 66.9 Å². The molecule has 0 aliphatic carbocycles. The lowest BCUT2D eigenvalue weighted by atomic mass is 9.77. The van der Waals surface area contributed by atoms with Crippen molar-refractivity contribution in [1.29, 1.82) is 0 Å². The number of pyridine rings is 1. The molecular formula is C27H29N3O4. The first kappa shape index (κ1) is 22.5. The summed E-state index contributed by atoms with van der Waals surface area (Å²) in [6, 6.07) is 20.2. The fourth-order valence-electron chi connectivity index (χ4n) is 5.32. The molecule has 3 heterocycles. The number of benzene rings is 2. The summed E-state index contributed by atoms with van der Waals surface area (Å²) in [5.41, 5.74) is 1.30. The van der Waals surface area contributed by atoms with E-state index >= 15 is 0 Å². The quantitative estimate of drug-likeness (QED) is 0.523. The Morgan fingerprint density at radius 1 is 1.06 bits per heavy atom. The Hall–Kier alpha value is -3.29. The van der Waals surface area contributed by atoms with Crippen molar-refractivity contribution < 1.29 is 19.2 Å². The van der Waals surface area contributed by atoms with E-state index in [-0.39, 0.29) is 24.9 Å². The molecule has 2 aromatic carbocycles. The molecule has 34 heavy (non-hydrogen) atoms. The molecule has 5 rings (SSSR count). The van der Waals surface area contributed by atoms with Crippen LogP contribution in [0.5, 0.6) is 0 Å². The molecule has 0 bridgehead atoms. The minimum atomic E-state index is -0.693. The molecule has 1 atom stereocenters. The monoisotopic (exact) mass is 459 g/mol. The maximum Gasteiger partial charge on any atom is 0.311 e. The van der Waals surface area contributed by atoms with Gasteiger partial charge in [0.1, 0.15) is 6.61 Å². The van der Waals surface area contributed by atoms with Gasteiger partial charge in [0, 0.05) is 32.3 Å². The Balaban J connectivity index is 1.33. The van der Waals surface area contributed by atoms with E-state index in [1.54, 1.807) is 6.20 Å². The molecule has 0 radical (unpaired) electrons. The van der Waals surface area contributed by atoms with Crippen LogP contribution in [0.25, 0.3) is 10.8 Å². The molecular weight excluding hydrogens is 430 g/mol. The molecule has 3 aromatic rings. The highest BCUT2D eigenvalue weighted by Gasteiger charge is 2.58. The summed E-state index contributed by atoms with van der Waals surface area (Å²) in [7, 11) is 1.38. The summed E-state index contributed by atoms with van der Waals surface area (Å²) in [4.78, 5) is 38.6. The predicted octanol–water partition coefficient (Wildman–Crippen LogP) is 3.72. The number of piperidine rings is 1. The molecule has 2 aliphatic rings. The number of carbonyl (C=O) groups is 2. The smallest absolute Gasteiger partial charge is 0.311 e. The van der Waals surface area contributed by atoms with Crippen LogP contribution in [0, 0.1) is 5.92 Å². The van der Waals surface area contributed by atoms with Gasteiger partial charge < -0.3 is 4.74 Å². The number of rotatable bonds is 6. The van der Waals surface area contributed by atoms with Crippen LogP contribution >= 0.6 is 0 Å². The van der Waals surface area contributed by atoms with Gasteiger partial charge in [0.2, 0.25) is 5.91 Å². The molecule has 7 nitrogen and oxygen atoms in total. The van der Waals surface area contributed by atoms with Crippen molar-refractivity contribution in [3.63, 3.8) is 0 Å². The third-order valence-electron chi connectivity index (χ3n) is 7.15. The molecule has 7 heteroatoms. The van der Waals surface area contributed by atoms with Crippen molar-refractivity contribution in [3.05, 3.63) is 78.1 Å². The number of likely N-dealkylation sites (tertiary alicyclic amines) is 1. The summed E-state index contributed by atoms with van der Waals surface area (Å²) >= 11 is 0. The van der Waals surface area contributed by atoms with Crippen molar-refractivity contribution in [1.82, 2.24) is 14.9 Å². The zero-order valence-corrected chi connectivity index (χ0v) is 19.4. The number of methoxy groups -OCH3 is 1. The maximum atomic E-state index is 13.1. The standard InChI is InChI=1S/C27H29N3O4/c1-33-26(32)24-17-25(31)30(34-19-20-9-10-21-6-2-3-7-22(21)16-20)27(24)11-14-29(15-12-27)18-23-8-4-5-13-28-23/h2-10,13,16,24H,11-12,14-15,17-19H2,1H3. The van der Waals surface area contributed by atoms with Crippen LogP contribution < -0.4 is 0 Å². The maximum absolute atomic E-state index is 13.1. The van der Waals surface area contributed by atoms with E-state index in [0.717, 1.165) is 41.7 Å². The second kappa shape index (κ2) is 9.52. The molecule has 1 spiro atoms. The number of ether oxygens (including phenoxy) is 1. The zero-order chi connectivity index (χ0) is 23.5. The van der Waals surface area contributed by atoms with Crippen molar-refractivity contribution >= 4 is 22.6 Å². The van der Waals surface area contributed by atoms with Crippen LogP contribution in [0.3, 0.4) is 0 Å². The summed E-state index contributed by atoms with van der Waals surface area (Å²) in [5, 5.41) is 3.79. The highest BCUT2D eigenvalue weighted by Crippen LogP contribution is 2.44. The van der Waals surface area contributed by atoms with E-state index in [4.69, 9.17) is 9.57 Å². The second-order valence-electron chi connectivity index (χ2n) is 9.12. The Morgan fingerprint density at radius 2 is 1.82 bits per heavy atom. The normalized spacial score (nSPS) is 20.2. The molecule has 2 aliphatic heterocycles. The highest BCUT2D eigenvalue weighted by molar-refractivity contribution is 5.88. The van der Waals surface area contributed by atoms with Gasteiger partial charge in [0.15, 0.2) is 0 Å². The molecule has 2 fully saturated rings. The number of aromatic nitrogens is 1. The minimum Gasteiger partial charge on any atom is -0.469 e. The van der Waals surface area contributed by atoms with Gasteiger partial charge in [-0.25, -0.2) is 5.06 Å². The number of hydrogen-bond donors (Lipinski definition) is 0. The van der Waals surface area contributed by atoms with Crippen LogP contribution in [-0.4, -0.2) is 52.6 Å². The topological polar surface area (TPSA) is 72.0 Å². The Labute approximate surface area is 199 Å². The number of nitrogens with zero attached hydrogens (tertiary/aromatic N) is 3. The Bertz CT molecular complexity index is 1170. The minimum absolute atomic E-state index is 0.116. The number of carbonyl (C=O) groups excluding carboxylic acids is 2. The van der Waals surface area contributed by atoms with Crippen LogP contribution in [0.1, 0.15) is 30.5 Å². The van der Waals surface area contributed by atoms with Gasteiger partial charge in [-0.05, 0) is 47.4 Å². The van der Waals surface area contributed by atoms with Gasteiger partial charge >= 0.3 is 5.97 Å². The molecule has 0 N–H and O–H groups in total. The average molecular weight is 460 g/mol. The molecule has 1 amide bonds. The average Bonchev–Trinajstić information content (AvgIpc) is 3.14. The van der Waals surface area contributed by atoms with E-state index in [9.17, 15) is 9.59 Å². The Morgan fingerprint density at radius 3 is 2.56 bits per heavy atom. The van der Waals surface area contributed by atoms with Crippen LogP contribution in [0.4, 0.5) is 0 Å². The first-order chi connectivity index (χ1) is 16.6. The first-order valence-electron chi connectivity index (χ1n) is 11.7. The van der Waals surface area contributed by atoms with E-state index in [1.165, 1.54) is 12.2 Å². The third-order valence-corrected chi connectivity index (χ3v) is 7.15. The van der Waals surface area contributed by atoms with Gasteiger partial charge in [0.25, 0.3) is 0 Å². The largest absolute Gasteiger partial charge is 0.469 e. The molecule has 1 aromatic heterocycles. The van der Waals surface area contributed by atoms with Crippen molar-refractivity contribution in [3.8, 4) is 0 Å². The van der Waals surface area contributed by atoms with E-state index < -0.39 is 11.5 Å². The third kappa shape index (κ3) is 4.29. The number of amides is 1. The lowest BCUT2D eigenvalue weighted by Crippen LogP contribution is -2.57. The molecule has 0 saturated carbocycles. The van der Waals surface area contributed by atoms with Gasteiger partial charge in [-0.15, -0.1) is 0 Å². The molecule has 1 unspecified atom stereocenters. The molecule has 176 valence electrons. The summed E-state index contributed by atoms with van der Waals surface area (Å²) in [6.45, 7) is 2.50. The first-order valence-corrected chi connectivity index (χ1v) is 11.7. The fourth-order valence-corrected chi connectivity index (χ4v) is 5.32. The van der Waals surface area contributed by atoms with Gasteiger partial charge in [-0.1, -0.05) is 42.5 Å². The van der Waals surface area contributed by atoms with Crippen LogP contribution in [0.2, 0.25) is 0 Å². The van der Waals surface area contributed by atoms with E-state index in [2.05, 4.69) is 34.1 Å². The summed E-state index contributed by atoms with van der Waals surface area (Å²) < 4.78 is 5.09.